The number of hydrogen-bond donors (Lipinski definition) is 2. The molecule has 0 bridgehead atoms. The van der Waals surface area contributed by atoms with E-state index in [1.54, 1.807) is 36.3 Å². The monoisotopic (exact) mass is 370 g/mol. The maximum absolute atomic E-state index is 5.78. The average molecular weight is 371 g/mol. The Balaban J connectivity index is 1.58. The molecule has 3 rings (SSSR count). The SMILES string of the molecule is CSc1ccc(SNc2cc(COc3cccnc3N)ccn2)cc1. The van der Waals surface area contributed by atoms with E-state index < -0.39 is 0 Å². The zero-order valence-electron chi connectivity index (χ0n) is 13.7. The van der Waals surface area contributed by atoms with E-state index in [9.17, 15) is 0 Å². The summed E-state index contributed by atoms with van der Waals surface area (Å²) in [7, 11) is 0. The summed E-state index contributed by atoms with van der Waals surface area (Å²) in [5.74, 6) is 1.75. The molecule has 3 N–H and O–H groups in total. The molecular formula is C18H18N4OS2. The van der Waals surface area contributed by atoms with Gasteiger partial charge >= 0.3 is 0 Å². The summed E-state index contributed by atoms with van der Waals surface area (Å²) >= 11 is 3.26. The number of anilines is 2. The number of ether oxygens (including phenoxy) is 1. The van der Waals surface area contributed by atoms with Crippen LogP contribution in [0.15, 0.2) is 70.7 Å². The van der Waals surface area contributed by atoms with Crippen molar-refractivity contribution in [1.29, 1.82) is 0 Å². The molecule has 0 radical (unpaired) electrons. The van der Waals surface area contributed by atoms with E-state index in [1.807, 2.05) is 12.1 Å². The Morgan fingerprint density at radius 1 is 1.04 bits per heavy atom. The van der Waals surface area contributed by atoms with E-state index >= 15 is 0 Å². The molecule has 5 nitrogen and oxygen atoms in total. The molecule has 0 aliphatic heterocycles. The van der Waals surface area contributed by atoms with Crippen LogP contribution in [0.25, 0.3) is 0 Å². The molecule has 0 spiro atoms. The maximum Gasteiger partial charge on any atom is 0.166 e. The standard InChI is InChI=1S/C18H18N4OS2/c1-24-14-4-6-15(7-5-14)25-22-17-11-13(8-10-20-17)12-23-16-3-2-9-21-18(16)19/h2-11H,12H2,1H3,(H2,19,21)(H,20,22). The highest BCUT2D eigenvalue weighted by atomic mass is 32.2. The fourth-order valence-corrected chi connectivity index (χ4v) is 3.08. The number of aromatic nitrogens is 2. The Labute approximate surface area is 155 Å². The lowest BCUT2D eigenvalue weighted by Gasteiger charge is -2.09. The van der Waals surface area contributed by atoms with Crippen molar-refractivity contribution in [3.63, 3.8) is 0 Å². The van der Waals surface area contributed by atoms with Gasteiger partial charge in [0.15, 0.2) is 11.6 Å². The molecule has 0 amide bonds. The Hall–Kier alpha value is -2.38. The van der Waals surface area contributed by atoms with Gasteiger partial charge < -0.3 is 15.2 Å². The van der Waals surface area contributed by atoms with Crippen LogP contribution in [0.3, 0.4) is 0 Å². The largest absolute Gasteiger partial charge is 0.485 e. The van der Waals surface area contributed by atoms with Crippen LogP contribution in [0.4, 0.5) is 11.6 Å². The van der Waals surface area contributed by atoms with E-state index in [0.717, 1.165) is 16.3 Å². The van der Waals surface area contributed by atoms with Crippen LogP contribution < -0.4 is 15.2 Å². The predicted octanol–water partition coefficient (Wildman–Crippen LogP) is 4.48. The molecule has 2 heterocycles. The van der Waals surface area contributed by atoms with Gasteiger partial charge in [0.05, 0.1) is 0 Å². The number of nitrogen functional groups attached to an aromatic ring is 1. The minimum atomic E-state index is 0.388. The van der Waals surface area contributed by atoms with Crippen molar-refractivity contribution in [2.75, 3.05) is 16.7 Å². The number of nitrogens with two attached hydrogens (primary N) is 1. The fourth-order valence-electron chi connectivity index (χ4n) is 2.06. The number of hydrogen-bond acceptors (Lipinski definition) is 7. The van der Waals surface area contributed by atoms with Crippen molar-refractivity contribution in [2.45, 2.75) is 16.4 Å². The lowest BCUT2D eigenvalue weighted by atomic mass is 10.3. The minimum Gasteiger partial charge on any atom is -0.485 e. The molecule has 25 heavy (non-hydrogen) atoms. The number of rotatable bonds is 7. The third kappa shape index (κ3) is 5.04. The third-order valence-electron chi connectivity index (χ3n) is 3.35. The summed E-state index contributed by atoms with van der Waals surface area (Å²) in [6.45, 7) is 0.403. The molecule has 0 aliphatic rings. The van der Waals surface area contributed by atoms with Gasteiger partial charge in [-0.3, -0.25) is 0 Å². The third-order valence-corrected chi connectivity index (χ3v) is 4.91. The summed E-state index contributed by atoms with van der Waals surface area (Å²) in [6.07, 6.45) is 5.46. The number of thioether (sulfide) groups is 1. The van der Waals surface area contributed by atoms with Gasteiger partial charge in [-0.15, -0.1) is 11.8 Å². The van der Waals surface area contributed by atoms with Crippen LogP contribution in [0.5, 0.6) is 5.75 Å². The Morgan fingerprint density at radius 3 is 2.60 bits per heavy atom. The highest BCUT2D eigenvalue weighted by Crippen LogP contribution is 2.24. The second-order valence-corrected chi connectivity index (χ2v) is 6.86. The first-order valence-corrected chi connectivity index (χ1v) is 9.64. The van der Waals surface area contributed by atoms with E-state index in [1.165, 1.54) is 16.8 Å². The fraction of sp³-hybridized carbons (Fsp3) is 0.111. The number of nitrogens with zero attached hydrogens (tertiary/aromatic N) is 2. The minimum absolute atomic E-state index is 0.388. The van der Waals surface area contributed by atoms with Crippen molar-refractivity contribution in [3.05, 3.63) is 66.5 Å². The smallest absolute Gasteiger partial charge is 0.166 e. The van der Waals surface area contributed by atoms with Gasteiger partial charge in [0.2, 0.25) is 0 Å². The molecule has 0 aliphatic carbocycles. The van der Waals surface area contributed by atoms with Crippen molar-refractivity contribution in [3.8, 4) is 5.75 Å². The molecule has 1 aromatic carbocycles. The normalized spacial score (nSPS) is 10.4. The molecule has 0 saturated heterocycles. The second kappa shape index (κ2) is 8.64. The topological polar surface area (TPSA) is 73.1 Å². The summed E-state index contributed by atoms with van der Waals surface area (Å²) in [6, 6.07) is 15.8. The second-order valence-electron chi connectivity index (χ2n) is 5.10. The zero-order chi connectivity index (χ0) is 17.5. The van der Waals surface area contributed by atoms with Crippen LogP contribution in [-0.4, -0.2) is 16.2 Å². The highest BCUT2D eigenvalue weighted by molar-refractivity contribution is 8.00. The first-order chi connectivity index (χ1) is 12.2. The van der Waals surface area contributed by atoms with Gasteiger partial charge in [0, 0.05) is 22.2 Å². The van der Waals surface area contributed by atoms with Crippen LogP contribution in [-0.2, 0) is 6.61 Å². The lowest BCUT2D eigenvalue weighted by Crippen LogP contribution is -2.01. The first kappa shape index (κ1) is 17.4. The average Bonchev–Trinajstić information content (AvgIpc) is 2.66. The van der Waals surface area contributed by atoms with Crippen molar-refractivity contribution in [1.82, 2.24) is 9.97 Å². The molecule has 0 fully saturated rings. The van der Waals surface area contributed by atoms with E-state index in [2.05, 4.69) is 45.2 Å². The number of pyridine rings is 2. The molecular weight excluding hydrogens is 352 g/mol. The van der Waals surface area contributed by atoms with E-state index in [-0.39, 0.29) is 0 Å². The van der Waals surface area contributed by atoms with Gasteiger partial charge in [-0.25, -0.2) is 9.97 Å². The van der Waals surface area contributed by atoms with Crippen LogP contribution >= 0.6 is 23.7 Å². The van der Waals surface area contributed by atoms with Crippen LogP contribution in [0.1, 0.15) is 5.56 Å². The molecule has 2 aromatic heterocycles. The molecule has 7 heteroatoms. The Morgan fingerprint density at radius 2 is 1.84 bits per heavy atom. The maximum atomic E-state index is 5.78. The molecule has 0 saturated carbocycles. The zero-order valence-corrected chi connectivity index (χ0v) is 15.3. The van der Waals surface area contributed by atoms with E-state index in [0.29, 0.717) is 18.2 Å². The van der Waals surface area contributed by atoms with Gasteiger partial charge in [-0.2, -0.15) is 0 Å². The van der Waals surface area contributed by atoms with Crippen LogP contribution in [0, 0.1) is 0 Å². The number of nitrogens with one attached hydrogen (secondary N) is 1. The van der Waals surface area contributed by atoms with Gasteiger partial charge in [-0.05, 0) is 72.3 Å². The first-order valence-electron chi connectivity index (χ1n) is 7.60. The molecule has 3 aromatic rings. The van der Waals surface area contributed by atoms with E-state index in [4.69, 9.17) is 10.5 Å². The quantitative estimate of drug-likeness (QED) is 0.469. The van der Waals surface area contributed by atoms with Crippen molar-refractivity contribution < 1.29 is 4.74 Å². The number of benzene rings is 1. The summed E-state index contributed by atoms with van der Waals surface area (Å²) < 4.78 is 8.97. The summed E-state index contributed by atoms with van der Waals surface area (Å²) in [5, 5.41) is 0. The van der Waals surface area contributed by atoms with Crippen molar-refractivity contribution >= 4 is 35.3 Å². The van der Waals surface area contributed by atoms with Gasteiger partial charge in [0.25, 0.3) is 0 Å². The molecule has 0 atom stereocenters. The van der Waals surface area contributed by atoms with Gasteiger partial charge in [-0.1, -0.05) is 0 Å². The van der Waals surface area contributed by atoms with Crippen LogP contribution in [0.2, 0.25) is 0 Å². The lowest BCUT2D eigenvalue weighted by molar-refractivity contribution is 0.307. The molecule has 128 valence electrons. The van der Waals surface area contributed by atoms with Gasteiger partial charge in [0.1, 0.15) is 12.4 Å². The van der Waals surface area contributed by atoms with Crippen molar-refractivity contribution in [2.24, 2.45) is 0 Å². The summed E-state index contributed by atoms with van der Waals surface area (Å²) in [5.41, 5.74) is 6.78. The highest BCUT2D eigenvalue weighted by Gasteiger charge is 2.03. The Bertz CT molecular complexity index is 827. The predicted molar refractivity (Wildman–Crippen MR) is 105 cm³/mol. The Kier molecular flexibility index (Phi) is 6.03. The molecule has 0 unspecified atom stereocenters. The summed E-state index contributed by atoms with van der Waals surface area (Å²) in [4.78, 5) is 10.7.